The van der Waals surface area contributed by atoms with Gasteiger partial charge in [-0.1, -0.05) is 16.7 Å². The van der Waals surface area contributed by atoms with Gasteiger partial charge >= 0.3 is 6.01 Å². The molecule has 0 spiro atoms. The maximum absolute atomic E-state index is 6.36. The van der Waals surface area contributed by atoms with Crippen molar-refractivity contribution in [1.29, 1.82) is 0 Å². The number of nitrogens with zero attached hydrogens (tertiary/aromatic N) is 8. The zero-order valence-electron chi connectivity index (χ0n) is 15.5. The molecule has 6 heterocycles. The predicted octanol–water partition coefficient (Wildman–Crippen LogP) is 2.70. The third-order valence-electron chi connectivity index (χ3n) is 5.14. The number of aromatic nitrogens is 8. The molecule has 10 nitrogen and oxygen atoms in total. The Morgan fingerprint density at radius 3 is 3.03 bits per heavy atom. The first kappa shape index (κ1) is 17.1. The fraction of sp³-hybridized carbons (Fsp3) is 0.158. The lowest BCUT2D eigenvalue weighted by molar-refractivity contribution is 0.502. The van der Waals surface area contributed by atoms with Gasteiger partial charge in [0, 0.05) is 31.1 Å². The highest BCUT2D eigenvalue weighted by atomic mass is 35.5. The zero-order valence-corrected chi connectivity index (χ0v) is 16.2. The van der Waals surface area contributed by atoms with E-state index >= 15 is 0 Å². The van der Waals surface area contributed by atoms with Crippen molar-refractivity contribution in [1.82, 2.24) is 39.7 Å². The van der Waals surface area contributed by atoms with Gasteiger partial charge in [-0.25, -0.2) is 19.5 Å². The molecule has 1 atom stereocenters. The minimum atomic E-state index is -0.297. The van der Waals surface area contributed by atoms with E-state index in [1.807, 2.05) is 29.3 Å². The van der Waals surface area contributed by atoms with Crippen LogP contribution in [0, 0.1) is 0 Å². The van der Waals surface area contributed by atoms with Crippen molar-refractivity contribution >= 4 is 23.1 Å². The van der Waals surface area contributed by atoms with E-state index in [9.17, 15) is 0 Å². The van der Waals surface area contributed by atoms with Crippen LogP contribution in [0.5, 0.6) is 0 Å². The van der Waals surface area contributed by atoms with Gasteiger partial charge in [0.2, 0.25) is 0 Å². The maximum Gasteiger partial charge on any atom is 0.319 e. The summed E-state index contributed by atoms with van der Waals surface area (Å²) < 4.78 is 7.73. The van der Waals surface area contributed by atoms with Crippen LogP contribution in [0.4, 0.5) is 6.01 Å². The number of hydrogen-bond acceptors (Lipinski definition) is 8. The number of rotatable bonds is 3. The zero-order chi connectivity index (χ0) is 20.1. The van der Waals surface area contributed by atoms with Crippen LogP contribution in [-0.4, -0.2) is 46.3 Å². The highest BCUT2D eigenvalue weighted by molar-refractivity contribution is 6.33. The molecule has 5 aromatic heterocycles. The average Bonchev–Trinajstić information content (AvgIpc) is 3.52. The van der Waals surface area contributed by atoms with Crippen LogP contribution < -0.4 is 4.90 Å². The molecule has 0 aromatic carbocycles. The van der Waals surface area contributed by atoms with E-state index < -0.39 is 0 Å². The Labute approximate surface area is 174 Å². The minimum Gasteiger partial charge on any atom is -0.402 e. The van der Waals surface area contributed by atoms with Crippen LogP contribution in [0.25, 0.3) is 17.1 Å². The molecule has 0 unspecified atom stereocenters. The van der Waals surface area contributed by atoms with Gasteiger partial charge in [-0.15, -0.1) is 5.10 Å². The van der Waals surface area contributed by atoms with Gasteiger partial charge in [0.1, 0.15) is 18.1 Å². The van der Waals surface area contributed by atoms with Crippen molar-refractivity contribution < 1.29 is 4.42 Å². The minimum absolute atomic E-state index is 0.297. The molecule has 5 aromatic rings. The number of aromatic amines is 1. The summed E-state index contributed by atoms with van der Waals surface area (Å²) in [6.45, 7) is 0.660. The first-order valence-corrected chi connectivity index (χ1v) is 9.68. The van der Waals surface area contributed by atoms with Crippen molar-refractivity contribution in [3.05, 3.63) is 71.4 Å². The van der Waals surface area contributed by atoms with Crippen molar-refractivity contribution in [3.8, 4) is 11.6 Å². The van der Waals surface area contributed by atoms with Gasteiger partial charge in [-0.2, -0.15) is 5.10 Å². The molecule has 0 bridgehead atoms. The number of fused-ring (bicyclic) bond motifs is 2. The van der Waals surface area contributed by atoms with E-state index in [0.29, 0.717) is 29.2 Å². The molecule has 0 aliphatic carbocycles. The summed E-state index contributed by atoms with van der Waals surface area (Å²) in [5, 5.41) is 13.8. The van der Waals surface area contributed by atoms with Gasteiger partial charge in [0.25, 0.3) is 5.89 Å². The number of nitrogens with one attached hydrogen (secondary N) is 1. The standard InChI is InChI=1S/C19H14ClN9O/c20-11-2-1-6-29-15(11)8-14(27-29)17-16-12(23-10-24-16)4-7-28(17)19-26-25-18(30-19)13-3-5-21-9-22-13/h1-3,5-6,8-10,17H,4,7H2,(H,23,24)/t17-/m1/s1. The number of pyridine rings is 1. The Morgan fingerprint density at radius 1 is 1.20 bits per heavy atom. The van der Waals surface area contributed by atoms with Gasteiger partial charge in [0.15, 0.2) is 0 Å². The second-order valence-corrected chi connectivity index (χ2v) is 7.26. The van der Waals surface area contributed by atoms with Crippen molar-refractivity contribution in [2.24, 2.45) is 0 Å². The van der Waals surface area contributed by atoms with Crippen LogP contribution in [0.15, 0.2) is 53.7 Å². The van der Waals surface area contributed by atoms with Crippen LogP contribution in [0.3, 0.4) is 0 Å². The number of anilines is 1. The van der Waals surface area contributed by atoms with Crippen molar-refractivity contribution in [2.45, 2.75) is 12.5 Å². The molecule has 6 rings (SSSR count). The van der Waals surface area contributed by atoms with Crippen LogP contribution in [0.2, 0.25) is 5.02 Å². The van der Waals surface area contributed by atoms with E-state index in [-0.39, 0.29) is 6.04 Å². The first-order chi connectivity index (χ1) is 14.8. The van der Waals surface area contributed by atoms with E-state index in [1.165, 1.54) is 6.33 Å². The second-order valence-electron chi connectivity index (χ2n) is 6.85. The van der Waals surface area contributed by atoms with E-state index in [1.54, 1.807) is 23.1 Å². The largest absolute Gasteiger partial charge is 0.402 e. The fourth-order valence-corrected chi connectivity index (χ4v) is 3.98. The third-order valence-corrected chi connectivity index (χ3v) is 5.46. The van der Waals surface area contributed by atoms with E-state index in [2.05, 4.69) is 30.1 Å². The Balaban J connectivity index is 1.46. The average molecular weight is 420 g/mol. The number of halogens is 1. The highest BCUT2D eigenvalue weighted by Gasteiger charge is 2.36. The van der Waals surface area contributed by atoms with Gasteiger partial charge in [-0.3, -0.25) is 0 Å². The molecule has 0 radical (unpaired) electrons. The Hall–Kier alpha value is -3.79. The van der Waals surface area contributed by atoms with Crippen molar-refractivity contribution in [3.63, 3.8) is 0 Å². The Bertz CT molecular complexity index is 1340. The molecule has 0 saturated heterocycles. The van der Waals surface area contributed by atoms with Crippen molar-refractivity contribution in [2.75, 3.05) is 11.4 Å². The van der Waals surface area contributed by atoms with Crippen LogP contribution in [-0.2, 0) is 6.42 Å². The molecule has 148 valence electrons. The highest BCUT2D eigenvalue weighted by Crippen LogP contribution is 2.37. The lowest BCUT2D eigenvalue weighted by Gasteiger charge is -2.32. The lowest BCUT2D eigenvalue weighted by Crippen LogP contribution is -2.36. The predicted molar refractivity (Wildman–Crippen MR) is 107 cm³/mol. The quantitative estimate of drug-likeness (QED) is 0.474. The topological polar surface area (TPSA) is 114 Å². The van der Waals surface area contributed by atoms with Gasteiger partial charge in [0.05, 0.1) is 28.3 Å². The maximum atomic E-state index is 6.36. The molecular weight excluding hydrogens is 406 g/mol. The summed E-state index contributed by atoms with van der Waals surface area (Å²) in [5.41, 5.74) is 4.12. The molecule has 30 heavy (non-hydrogen) atoms. The summed E-state index contributed by atoms with van der Waals surface area (Å²) in [6, 6.07) is 7.47. The molecule has 0 amide bonds. The lowest BCUT2D eigenvalue weighted by atomic mass is 10.0. The molecule has 1 N–H and O–H groups in total. The summed E-state index contributed by atoms with van der Waals surface area (Å²) in [4.78, 5) is 17.9. The normalized spacial score (nSPS) is 16.2. The summed E-state index contributed by atoms with van der Waals surface area (Å²) >= 11 is 6.36. The fourth-order valence-electron chi connectivity index (χ4n) is 3.77. The second kappa shape index (κ2) is 6.63. The monoisotopic (exact) mass is 419 g/mol. The van der Waals surface area contributed by atoms with Gasteiger partial charge in [-0.05, 0) is 24.3 Å². The number of H-pyrrole nitrogens is 1. The first-order valence-electron chi connectivity index (χ1n) is 9.30. The number of hydrogen-bond donors (Lipinski definition) is 1. The van der Waals surface area contributed by atoms with E-state index in [0.717, 1.165) is 29.0 Å². The summed E-state index contributed by atoms with van der Waals surface area (Å²) in [7, 11) is 0. The molecule has 0 saturated carbocycles. The smallest absolute Gasteiger partial charge is 0.319 e. The van der Waals surface area contributed by atoms with Crippen LogP contribution in [0.1, 0.15) is 23.1 Å². The summed E-state index contributed by atoms with van der Waals surface area (Å²) in [6.07, 6.45) is 7.41. The van der Waals surface area contributed by atoms with E-state index in [4.69, 9.17) is 21.1 Å². The Kier molecular flexibility index (Phi) is 3.78. The molecule has 1 aliphatic rings. The third kappa shape index (κ3) is 2.65. The SMILES string of the molecule is Clc1cccn2nc([C@@H]3c4nc[nH]c4CCN3c3nnc(-c4ccncn4)o3)cc12. The molecule has 11 heteroatoms. The molecular formula is C19H14ClN9O. The van der Waals surface area contributed by atoms with Crippen LogP contribution >= 0.6 is 11.6 Å². The molecule has 1 aliphatic heterocycles. The summed E-state index contributed by atoms with van der Waals surface area (Å²) in [5.74, 6) is 0.331. The molecule has 0 fully saturated rings. The Morgan fingerprint density at radius 2 is 2.17 bits per heavy atom. The number of imidazole rings is 1. The van der Waals surface area contributed by atoms with Gasteiger partial charge < -0.3 is 14.3 Å².